The van der Waals surface area contributed by atoms with Crippen molar-refractivity contribution in [3.8, 4) is 11.5 Å². The van der Waals surface area contributed by atoms with Gasteiger partial charge in [0.2, 0.25) is 16.8 Å². The number of sulfonamides is 1. The molecule has 1 spiro atoms. The number of esters is 1. The van der Waals surface area contributed by atoms with E-state index < -0.39 is 21.6 Å². The van der Waals surface area contributed by atoms with Gasteiger partial charge in [-0.1, -0.05) is 6.07 Å². The van der Waals surface area contributed by atoms with Gasteiger partial charge >= 0.3 is 5.97 Å². The average Bonchev–Trinajstić information content (AvgIpc) is 3.22. The van der Waals surface area contributed by atoms with E-state index in [0.717, 1.165) is 11.8 Å². The first-order valence-corrected chi connectivity index (χ1v) is 11.1. The Morgan fingerprint density at radius 3 is 2.59 bits per heavy atom. The Morgan fingerprint density at radius 1 is 1.21 bits per heavy atom. The highest BCUT2D eigenvalue weighted by Gasteiger charge is 2.51. The number of nitrogens with one attached hydrogen (secondary N) is 1. The van der Waals surface area contributed by atoms with E-state index in [-0.39, 0.29) is 56.3 Å². The van der Waals surface area contributed by atoms with Crippen molar-refractivity contribution in [2.75, 3.05) is 26.1 Å². The number of ether oxygens (including phenoxy) is 3. The van der Waals surface area contributed by atoms with Crippen molar-refractivity contribution in [1.29, 1.82) is 0 Å². The van der Waals surface area contributed by atoms with Crippen LogP contribution in [0.3, 0.4) is 0 Å². The molecular formula is C19H22N2O7S. The molecule has 0 aliphatic carbocycles. The maximum Gasteiger partial charge on any atom is 0.335 e. The number of hydrogen-bond donors (Lipinski definition) is 1. The van der Waals surface area contributed by atoms with Crippen molar-refractivity contribution in [3.05, 3.63) is 34.9 Å². The van der Waals surface area contributed by atoms with Gasteiger partial charge in [0.25, 0.3) is 5.91 Å². The summed E-state index contributed by atoms with van der Waals surface area (Å²) in [5, 5.41) is 2.84. The Balaban J connectivity index is 1.49. The minimum absolute atomic E-state index is 0.170. The molecule has 29 heavy (non-hydrogen) atoms. The van der Waals surface area contributed by atoms with E-state index in [1.54, 1.807) is 19.1 Å². The van der Waals surface area contributed by atoms with Crippen LogP contribution in [-0.4, -0.2) is 56.3 Å². The number of carbonyl (C=O) groups excluding carboxylic acids is 2. The second-order valence-corrected chi connectivity index (χ2v) is 9.40. The number of piperidine rings is 1. The molecule has 1 fully saturated rings. The van der Waals surface area contributed by atoms with Crippen molar-refractivity contribution in [1.82, 2.24) is 9.62 Å². The lowest BCUT2D eigenvalue weighted by molar-refractivity contribution is -0.150. The number of hydrogen-bond acceptors (Lipinski definition) is 7. The minimum Gasteiger partial charge on any atom is -0.454 e. The molecule has 1 N–H and O–H groups in total. The standard InChI is InChI=1S/C19H22N2O7S/c1-12-16(17(22)20-10-13-3-4-14-15(9-13)27-11-26-14)19(28-18(12)23)5-7-21(8-6-19)29(2,24)25/h3-4,9H,5-8,10-11H2,1-2H3,(H,20,22). The molecule has 3 aliphatic heterocycles. The summed E-state index contributed by atoms with van der Waals surface area (Å²) < 4.78 is 41.1. The van der Waals surface area contributed by atoms with E-state index in [9.17, 15) is 18.0 Å². The normalized spacial score (nSPS) is 20.8. The van der Waals surface area contributed by atoms with Crippen LogP contribution in [0, 0.1) is 0 Å². The second-order valence-electron chi connectivity index (χ2n) is 7.42. The van der Waals surface area contributed by atoms with Crippen molar-refractivity contribution >= 4 is 21.9 Å². The van der Waals surface area contributed by atoms with Crippen LogP contribution in [0.2, 0.25) is 0 Å². The molecule has 1 saturated heterocycles. The predicted molar refractivity (Wildman–Crippen MR) is 102 cm³/mol. The Hall–Kier alpha value is -2.59. The molecule has 0 saturated carbocycles. The Morgan fingerprint density at radius 2 is 1.90 bits per heavy atom. The van der Waals surface area contributed by atoms with E-state index in [4.69, 9.17) is 14.2 Å². The molecule has 1 amide bonds. The molecule has 10 heteroatoms. The topological polar surface area (TPSA) is 111 Å². The molecule has 0 aromatic heterocycles. The zero-order valence-electron chi connectivity index (χ0n) is 16.2. The number of rotatable bonds is 4. The summed E-state index contributed by atoms with van der Waals surface area (Å²) in [7, 11) is -3.33. The first-order valence-electron chi connectivity index (χ1n) is 9.26. The number of carbonyl (C=O) groups is 2. The monoisotopic (exact) mass is 422 g/mol. The first kappa shape index (κ1) is 19.7. The highest BCUT2D eigenvalue weighted by molar-refractivity contribution is 7.88. The molecule has 0 radical (unpaired) electrons. The van der Waals surface area contributed by atoms with Crippen molar-refractivity contribution in [3.63, 3.8) is 0 Å². The largest absolute Gasteiger partial charge is 0.454 e. The van der Waals surface area contributed by atoms with Gasteiger partial charge in [-0.2, -0.15) is 0 Å². The molecule has 4 rings (SSSR count). The Bertz CT molecular complexity index is 1010. The fourth-order valence-corrected chi connectivity index (χ4v) is 4.82. The maximum atomic E-state index is 13.0. The summed E-state index contributed by atoms with van der Waals surface area (Å²) in [6.45, 7) is 2.36. The third-order valence-electron chi connectivity index (χ3n) is 5.54. The smallest absolute Gasteiger partial charge is 0.335 e. The summed E-state index contributed by atoms with van der Waals surface area (Å²) in [5.41, 5.74) is 0.297. The third kappa shape index (κ3) is 3.58. The lowest BCUT2D eigenvalue weighted by Crippen LogP contribution is -2.50. The van der Waals surface area contributed by atoms with E-state index >= 15 is 0 Å². The van der Waals surface area contributed by atoms with Crippen molar-refractivity contribution < 1.29 is 32.2 Å². The fraction of sp³-hybridized carbons (Fsp3) is 0.474. The second kappa shape index (κ2) is 7.03. The molecule has 156 valence electrons. The average molecular weight is 422 g/mol. The van der Waals surface area contributed by atoms with Crippen LogP contribution in [0.15, 0.2) is 29.3 Å². The van der Waals surface area contributed by atoms with Gasteiger partial charge in [0.05, 0.1) is 11.8 Å². The molecule has 0 atom stereocenters. The number of benzene rings is 1. The number of amides is 1. The van der Waals surface area contributed by atoms with Gasteiger partial charge < -0.3 is 19.5 Å². The summed E-state index contributed by atoms with van der Waals surface area (Å²) in [6, 6.07) is 5.39. The first-order chi connectivity index (χ1) is 13.7. The summed E-state index contributed by atoms with van der Waals surface area (Å²) in [6.07, 6.45) is 1.64. The van der Waals surface area contributed by atoms with Crippen LogP contribution in [-0.2, 0) is 30.9 Å². The number of nitrogens with zero attached hydrogens (tertiary/aromatic N) is 1. The molecule has 1 aromatic rings. The van der Waals surface area contributed by atoms with E-state index in [2.05, 4.69) is 5.32 Å². The van der Waals surface area contributed by atoms with Crippen molar-refractivity contribution in [2.24, 2.45) is 0 Å². The van der Waals surface area contributed by atoms with Gasteiger partial charge in [0, 0.05) is 38.0 Å². The van der Waals surface area contributed by atoms with Crippen LogP contribution in [0.5, 0.6) is 11.5 Å². The van der Waals surface area contributed by atoms with Crippen LogP contribution in [0.1, 0.15) is 25.3 Å². The summed E-state index contributed by atoms with van der Waals surface area (Å²) in [4.78, 5) is 25.2. The minimum atomic E-state index is -3.33. The highest BCUT2D eigenvalue weighted by Crippen LogP contribution is 2.41. The van der Waals surface area contributed by atoms with Gasteiger partial charge in [0.1, 0.15) is 5.60 Å². The van der Waals surface area contributed by atoms with Crippen LogP contribution in [0.25, 0.3) is 0 Å². The van der Waals surface area contributed by atoms with Crippen LogP contribution in [0.4, 0.5) is 0 Å². The van der Waals surface area contributed by atoms with Gasteiger partial charge in [-0.3, -0.25) is 4.79 Å². The van der Waals surface area contributed by atoms with Gasteiger partial charge in [-0.25, -0.2) is 17.5 Å². The lowest BCUT2D eigenvalue weighted by Gasteiger charge is -2.38. The molecule has 0 bridgehead atoms. The zero-order valence-corrected chi connectivity index (χ0v) is 17.0. The molecule has 0 unspecified atom stereocenters. The maximum absolute atomic E-state index is 13.0. The van der Waals surface area contributed by atoms with E-state index in [0.29, 0.717) is 11.5 Å². The third-order valence-corrected chi connectivity index (χ3v) is 6.84. The highest BCUT2D eigenvalue weighted by atomic mass is 32.2. The van der Waals surface area contributed by atoms with Crippen LogP contribution >= 0.6 is 0 Å². The lowest BCUT2D eigenvalue weighted by atomic mass is 9.83. The molecule has 3 aliphatic rings. The van der Waals surface area contributed by atoms with E-state index in [1.165, 1.54) is 4.31 Å². The molecule has 9 nitrogen and oxygen atoms in total. The van der Waals surface area contributed by atoms with Gasteiger partial charge in [-0.05, 0) is 24.6 Å². The summed E-state index contributed by atoms with van der Waals surface area (Å²) >= 11 is 0. The number of fused-ring (bicyclic) bond motifs is 1. The molecular weight excluding hydrogens is 400 g/mol. The van der Waals surface area contributed by atoms with Gasteiger partial charge in [-0.15, -0.1) is 0 Å². The van der Waals surface area contributed by atoms with Crippen molar-refractivity contribution in [2.45, 2.75) is 31.9 Å². The van der Waals surface area contributed by atoms with E-state index in [1.807, 2.05) is 6.07 Å². The Labute approximate surface area is 168 Å². The fourth-order valence-electron chi connectivity index (χ4n) is 3.98. The molecule has 3 heterocycles. The quantitative estimate of drug-likeness (QED) is 0.711. The predicted octanol–water partition coefficient (Wildman–Crippen LogP) is 0.699. The zero-order chi connectivity index (χ0) is 20.8. The SMILES string of the molecule is CC1=C(C(=O)NCc2ccc3c(c2)OCO3)C2(CCN(S(C)(=O)=O)CC2)OC1=O. The molecule has 1 aromatic carbocycles. The van der Waals surface area contributed by atoms with Gasteiger partial charge in [0.15, 0.2) is 11.5 Å². The summed E-state index contributed by atoms with van der Waals surface area (Å²) in [5.74, 6) is 0.353. The Kier molecular flexibility index (Phi) is 4.78. The van der Waals surface area contributed by atoms with Crippen LogP contribution < -0.4 is 14.8 Å².